The summed E-state index contributed by atoms with van der Waals surface area (Å²) in [7, 11) is 1.31. The molecule has 2 N–H and O–H groups in total. The molecular weight excluding hydrogens is 408 g/mol. The zero-order valence-electron chi connectivity index (χ0n) is 17.7. The third-order valence-corrected chi connectivity index (χ3v) is 4.66. The number of rotatable bonds is 10. The molecule has 0 saturated carbocycles. The molecule has 0 heterocycles. The first-order chi connectivity index (χ1) is 15.6. The first kappa shape index (κ1) is 22.7. The predicted octanol–water partition coefficient (Wildman–Crippen LogP) is 3.83. The van der Waals surface area contributed by atoms with E-state index < -0.39 is 12.0 Å². The van der Waals surface area contributed by atoms with Gasteiger partial charge >= 0.3 is 5.97 Å². The first-order valence-corrected chi connectivity index (χ1v) is 10.0. The number of ether oxygens (including phenoxy) is 3. The Morgan fingerprint density at radius 2 is 1.81 bits per heavy atom. The summed E-state index contributed by atoms with van der Waals surface area (Å²) < 4.78 is 16.6. The molecule has 0 aliphatic carbocycles. The predicted molar refractivity (Wildman–Crippen MR) is 119 cm³/mol. The zero-order chi connectivity index (χ0) is 22.8. The Kier molecular flexibility index (Phi) is 8.07. The molecule has 3 rings (SSSR count). The van der Waals surface area contributed by atoms with E-state index in [0.29, 0.717) is 34.9 Å². The van der Waals surface area contributed by atoms with Gasteiger partial charge in [0.05, 0.1) is 25.3 Å². The van der Waals surface area contributed by atoms with E-state index in [1.54, 1.807) is 42.5 Å². The fourth-order valence-corrected chi connectivity index (χ4v) is 3.05. The molecule has 0 aliphatic rings. The zero-order valence-corrected chi connectivity index (χ0v) is 17.7. The summed E-state index contributed by atoms with van der Waals surface area (Å²) in [5, 5.41) is 21.3. The van der Waals surface area contributed by atoms with Crippen molar-refractivity contribution >= 4 is 11.7 Å². The van der Waals surface area contributed by atoms with Crippen LogP contribution in [-0.4, -0.2) is 31.4 Å². The minimum Gasteiger partial charge on any atom is -0.491 e. The number of aliphatic hydroxyl groups is 1. The van der Waals surface area contributed by atoms with Gasteiger partial charge in [-0.3, -0.25) is 0 Å². The van der Waals surface area contributed by atoms with Gasteiger partial charge < -0.3 is 24.6 Å². The van der Waals surface area contributed by atoms with Crippen molar-refractivity contribution in [2.45, 2.75) is 12.6 Å². The molecule has 0 aromatic heterocycles. The molecule has 1 atom stereocenters. The van der Waals surface area contributed by atoms with Crippen molar-refractivity contribution in [1.29, 1.82) is 5.26 Å². The number of aliphatic hydroxyl groups excluding tert-OH is 1. The molecule has 7 heteroatoms. The minimum absolute atomic E-state index is 0.0555. The van der Waals surface area contributed by atoms with E-state index in [4.69, 9.17) is 19.5 Å². The van der Waals surface area contributed by atoms with Crippen LogP contribution < -0.4 is 14.8 Å². The van der Waals surface area contributed by atoms with Gasteiger partial charge in [0, 0.05) is 17.3 Å². The summed E-state index contributed by atoms with van der Waals surface area (Å²) >= 11 is 0. The summed E-state index contributed by atoms with van der Waals surface area (Å²) in [6, 6.07) is 22.8. The van der Waals surface area contributed by atoms with Gasteiger partial charge in [0.1, 0.15) is 24.7 Å². The van der Waals surface area contributed by atoms with Crippen LogP contribution in [0.4, 0.5) is 5.69 Å². The Labute approximate surface area is 186 Å². The number of nitriles is 1. The van der Waals surface area contributed by atoms with E-state index in [0.717, 1.165) is 5.56 Å². The quantitative estimate of drug-likeness (QED) is 0.470. The number of methoxy groups -OCH3 is 1. The van der Waals surface area contributed by atoms with E-state index in [2.05, 4.69) is 11.4 Å². The van der Waals surface area contributed by atoms with Crippen molar-refractivity contribution in [3.8, 4) is 17.6 Å². The lowest BCUT2D eigenvalue weighted by atomic mass is 10.0. The van der Waals surface area contributed by atoms with Crippen LogP contribution in [-0.2, 0) is 16.1 Å². The van der Waals surface area contributed by atoms with Crippen molar-refractivity contribution in [2.75, 3.05) is 25.6 Å². The maximum Gasteiger partial charge on any atom is 0.333 e. The van der Waals surface area contributed by atoms with E-state index in [-0.39, 0.29) is 13.2 Å². The fourth-order valence-electron chi connectivity index (χ4n) is 3.05. The van der Waals surface area contributed by atoms with Gasteiger partial charge in [-0.2, -0.15) is 5.26 Å². The van der Waals surface area contributed by atoms with Crippen LogP contribution >= 0.6 is 0 Å². The number of carbonyl (C=O) groups excluding carboxylic acids is 1. The average molecular weight is 432 g/mol. The molecule has 0 amide bonds. The third-order valence-electron chi connectivity index (χ3n) is 4.66. The number of hydrogen-bond donors (Lipinski definition) is 2. The van der Waals surface area contributed by atoms with Gasteiger partial charge in [-0.15, -0.1) is 0 Å². The molecule has 0 saturated heterocycles. The van der Waals surface area contributed by atoms with Gasteiger partial charge in [0.25, 0.3) is 0 Å². The third kappa shape index (κ3) is 6.00. The Morgan fingerprint density at radius 3 is 2.47 bits per heavy atom. The molecule has 0 spiro atoms. The first-order valence-electron chi connectivity index (χ1n) is 10.0. The van der Waals surface area contributed by atoms with Crippen LogP contribution in [0.5, 0.6) is 11.5 Å². The molecule has 7 nitrogen and oxygen atoms in total. The molecule has 32 heavy (non-hydrogen) atoms. The normalized spacial score (nSPS) is 11.2. The van der Waals surface area contributed by atoms with Crippen LogP contribution in [0, 0.1) is 11.3 Å². The Morgan fingerprint density at radius 1 is 1.06 bits per heavy atom. The molecule has 1 unspecified atom stereocenters. The Hall–Kier alpha value is -4.02. The summed E-state index contributed by atoms with van der Waals surface area (Å²) in [5.41, 5.74) is 2.69. The topological polar surface area (TPSA) is 101 Å². The highest BCUT2D eigenvalue weighted by molar-refractivity contribution is 5.82. The van der Waals surface area contributed by atoms with Crippen molar-refractivity contribution in [1.82, 2.24) is 0 Å². The standard InChI is InChI=1S/C25H24N2O5/c1-30-25(29)24(27-20-9-7-18(16-26)8-10-20)22-12-11-21(15-23(22)31-14-13-28)32-17-19-5-3-2-4-6-19/h2-12,15,24,27-28H,13-14,17H2,1H3. The van der Waals surface area contributed by atoms with Gasteiger partial charge in [0.15, 0.2) is 6.04 Å². The molecule has 0 radical (unpaired) electrons. The van der Waals surface area contributed by atoms with Crippen LogP contribution in [0.25, 0.3) is 0 Å². The molecule has 0 aliphatic heterocycles. The van der Waals surface area contributed by atoms with E-state index in [1.165, 1.54) is 7.11 Å². The number of hydrogen-bond acceptors (Lipinski definition) is 7. The lowest BCUT2D eigenvalue weighted by molar-refractivity contribution is -0.141. The average Bonchev–Trinajstić information content (AvgIpc) is 2.85. The number of anilines is 1. The van der Waals surface area contributed by atoms with Crippen molar-refractivity contribution in [3.05, 3.63) is 89.5 Å². The highest BCUT2D eigenvalue weighted by atomic mass is 16.5. The van der Waals surface area contributed by atoms with Gasteiger partial charge in [-0.1, -0.05) is 30.3 Å². The SMILES string of the molecule is COC(=O)C(Nc1ccc(C#N)cc1)c1ccc(OCc2ccccc2)cc1OCCO. The van der Waals surface area contributed by atoms with Crippen LogP contribution in [0.2, 0.25) is 0 Å². The number of nitrogens with one attached hydrogen (secondary N) is 1. The lowest BCUT2D eigenvalue weighted by Gasteiger charge is -2.21. The summed E-state index contributed by atoms with van der Waals surface area (Å²) in [5.74, 6) is 0.440. The van der Waals surface area contributed by atoms with E-state index in [1.807, 2.05) is 30.3 Å². The summed E-state index contributed by atoms with van der Waals surface area (Å²) in [6.07, 6.45) is 0. The molecule has 164 valence electrons. The van der Waals surface area contributed by atoms with Gasteiger partial charge in [0.2, 0.25) is 0 Å². The van der Waals surface area contributed by atoms with Crippen molar-refractivity contribution < 1.29 is 24.1 Å². The highest BCUT2D eigenvalue weighted by Gasteiger charge is 2.25. The number of benzene rings is 3. The van der Waals surface area contributed by atoms with E-state index in [9.17, 15) is 9.90 Å². The molecular formula is C25H24N2O5. The van der Waals surface area contributed by atoms with E-state index >= 15 is 0 Å². The van der Waals surface area contributed by atoms with Crippen molar-refractivity contribution in [3.63, 3.8) is 0 Å². The van der Waals surface area contributed by atoms with Crippen molar-refractivity contribution in [2.24, 2.45) is 0 Å². The highest BCUT2D eigenvalue weighted by Crippen LogP contribution is 2.33. The smallest absolute Gasteiger partial charge is 0.333 e. The molecule has 3 aromatic rings. The lowest BCUT2D eigenvalue weighted by Crippen LogP contribution is -2.23. The minimum atomic E-state index is -0.871. The number of esters is 1. The summed E-state index contributed by atoms with van der Waals surface area (Å²) in [4.78, 5) is 12.6. The van der Waals surface area contributed by atoms with Gasteiger partial charge in [-0.05, 0) is 42.0 Å². The summed E-state index contributed by atoms with van der Waals surface area (Å²) in [6.45, 7) is 0.254. The largest absolute Gasteiger partial charge is 0.491 e. The molecule has 3 aromatic carbocycles. The second-order valence-corrected chi connectivity index (χ2v) is 6.84. The molecule has 0 fully saturated rings. The van der Waals surface area contributed by atoms with Gasteiger partial charge in [-0.25, -0.2) is 4.79 Å². The molecule has 0 bridgehead atoms. The number of nitrogens with zero attached hydrogens (tertiary/aromatic N) is 1. The van der Waals surface area contributed by atoms with Crippen LogP contribution in [0.1, 0.15) is 22.7 Å². The van der Waals surface area contributed by atoms with Crippen LogP contribution in [0.15, 0.2) is 72.8 Å². The maximum atomic E-state index is 12.6. The maximum absolute atomic E-state index is 12.6. The fraction of sp³-hybridized carbons (Fsp3) is 0.200. The number of carbonyl (C=O) groups is 1. The monoisotopic (exact) mass is 432 g/mol. The Bertz CT molecular complexity index is 1060. The Balaban J connectivity index is 1.87. The van der Waals surface area contributed by atoms with Crippen LogP contribution in [0.3, 0.4) is 0 Å². The second-order valence-electron chi connectivity index (χ2n) is 6.84. The second kappa shape index (κ2) is 11.4.